The van der Waals surface area contributed by atoms with Crippen LogP contribution in [0.2, 0.25) is 0 Å². The molecule has 46 heavy (non-hydrogen) atoms. The summed E-state index contributed by atoms with van der Waals surface area (Å²) in [6, 6.07) is 25.2. The molecule has 1 aliphatic rings. The summed E-state index contributed by atoms with van der Waals surface area (Å²) in [5.74, 6) is -1.10. The van der Waals surface area contributed by atoms with E-state index in [1.54, 1.807) is 95.6 Å². The van der Waals surface area contributed by atoms with Crippen LogP contribution in [0.25, 0.3) is 11.2 Å². The van der Waals surface area contributed by atoms with Gasteiger partial charge in [0.1, 0.15) is 18.2 Å². The zero-order chi connectivity index (χ0) is 32.0. The van der Waals surface area contributed by atoms with Crippen LogP contribution in [0.1, 0.15) is 44.2 Å². The van der Waals surface area contributed by atoms with Crippen molar-refractivity contribution < 1.29 is 33.3 Å². The molecule has 12 nitrogen and oxygen atoms in total. The highest BCUT2D eigenvalue weighted by Gasteiger charge is 2.52. The Morgan fingerprint density at radius 3 is 1.91 bits per heavy atom. The molecule has 2 aromatic heterocycles. The van der Waals surface area contributed by atoms with Crippen molar-refractivity contribution in [3.8, 4) is 0 Å². The maximum Gasteiger partial charge on any atom is 0.338 e. The van der Waals surface area contributed by atoms with Gasteiger partial charge in [0.05, 0.1) is 23.0 Å². The molecule has 0 spiro atoms. The van der Waals surface area contributed by atoms with Crippen molar-refractivity contribution in [2.45, 2.75) is 36.6 Å². The fourth-order valence-corrected chi connectivity index (χ4v) is 5.55. The standard InChI is InChI=1S/C33H29N5O7S/c1-2-46-33-36-27(34)24-28(37-33)38(19-35-24)29-26(45-32(41)22-16-10-5-11-17-22)25(44-31(40)21-14-8-4-9-15-21)23(43-29)18-42-30(39)20-12-6-3-7-13-20/h3-17,19,23,25-26,29H,2,18H2,1H3,(H2,34,36,37)/t23-,25-,26-,29-/m1/s1. The highest BCUT2D eigenvalue weighted by Crippen LogP contribution is 2.37. The number of carbonyl (C=O) groups is 3. The molecule has 5 aromatic rings. The van der Waals surface area contributed by atoms with E-state index < -0.39 is 42.4 Å². The van der Waals surface area contributed by atoms with Crippen LogP contribution in [0.3, 0.4) is 0 Å². The van der Waals surface area contributed by atoms with Gasteiger partial charge >= 0.3 is 17.9 Å². The second-order valence-corrected chi connectivity index (χ2v) is 11.4. The molecular formula is C33H29N5O7S. The first kappa shape index (κ1) is 30.7. The molecule has 3 aromatic carbocycles. The molecule has 0 saturated carbocycles. The topological polar surface area (TPSA) is 158 Å². The van der Waals surface area contributed by atoms with E-state index in [0.29, 0.717) is 27.6 Å². The number of rotatable bonds is 10. The van der Waals surface area contributed by atoms with E-state index in [1.807, 2.05) is 6.92 Å². The average Bonchev–Trinajstić information content (AvgIpc) is 3.66. The van der Waals surface area contributed by atoms with E-state index in [9.17, 15) is 14.4 Å². The number of imidazole rings is 1. The van der Waals surface area contributed by atoms with Crippen molar-refractivity contribution in [3.05, 3.63) is 114 Å². The van der Waals surface area contributed by atoms with Gasteiger partial charge in [0.15, 0.2) is 35.1 Å². The van der Waals surface area contributed by atoms with Crippen molar-refractivity contribution >= 4 is 46.7 Å². The quantitative estimate of drug-likeness (QED) is 0.0971. The molecule has 4 atom stereocenters. The average molecular weight is 640 g/mol. The Morgan fingerprint density at radius 2 is 1.35 bits per heavy atom. The summed E-state index contributed by atoms with van der Waals surface area (Å²) in [5.41, 5.74) is 7.73. The smallest absolute Gasteiger partial charge is 0.338 e. The SMILES string of the molecule is CCSc1nc(N)c2ncn([C@@H]3O[C@H](COC(=O)c4ccccc4)[C@@H](OC(=O)c4ccccc4)[C@H]3OC(=O)c3ccccc3)c2n1. The second-order valence-electron chi connectivity index (χ2n) is 10.1. The third-order valence-corrected chi connectivity index (χ3v) is 7.88. The van der Waals surface area contributed by atoms with Gasteiger partial charge in [0.2, 0.25) is 0 Å². The Balaban J connectivity index is 1.40. The lowest BCUT2D eigenvalue weighted by molar-refractivity contribution is -0.0606. The number of esters is 3. The molecule has 1 fully saturated rings. The monoisotopic (exact) mass is 639 g/mol. The largest absolute Gasteiger partial charge is 0.459 e. The van der Waals surface area contributed by atoms with E-state index in [4.69, 9.17) is 24.7 Å². The second kappa shape index (κ2) is 13.8. The Hall–Kier alpha value is -5.27. The zero-order valence-corrected chi connectivity index (χ0v) is 25.4. The predicted octanol–water partition coefficient (Wildman–Crippen LogP) is 4.73. The van der Waals surface area contributed by atoms with Gasteiger partial charge in [-0.05, 0) is 42.2 Å². The van der Waals surface area contributed by atoms with E-state index >= 15 is 0 Å². The van der Waals surface area contributed by atoms with Gasteiger partial charge in [-0.25, -0.2) is 29.3 Å². The van der Waals surface area contributed by atoms with E-state index in [2.05, 4.69) is 15.0 Å². The normalized spacial score (nSPS) is 19.1. The van der Waals surface area contributed by atoms with Crippen molar-refractivity contribution in [2.75, 3.05) is 18.1 Å². The van der Waals surface area contributed by atoms with Gasteiger partial charge in [0, 0.05) is 0 Å². The molecular weight excluding hydrogens is 610 g/mol. The lowest BCUT2D eigenvalue weighted by Gasteiger charge is -2.25. The number of anilines is 1. The van der Waals surface area contributed by atoms with Crippen LogP contribution in [0.5, 0.6) is 0 Å². The molecule has 0 bridgehead atoms. The van der Waals surface area contributed by atoms with Gasteiger partial charge in [-0.15, -0.1) is 0 Å². The van der Waals surface area contributed by atoms with E-state index in [1.165, 1.54) is 18.1 Å². The van der Waals surface area contributed by atoms with Crippen LogP contribution >= 0.6 is 11.8 Å². The number of ether oxygens (including phenoxy) is 4. The van der Waals surface area contributed by atoms with Crippen LogP contribution in [0.15, 0.2) is 102 Å². The summed E-state index contributed by atoms with van der Waals surface area (Å²) in [7, 11) is 0. The van der Waals surface area contributed by atoms with Crippen LogP contribution < -0.4 is 5.73 Å². The van der Waals surface area contributed by atoms with Crippen molar-refractivity contribution in [2.24, 2.45) is 0 Å². The first-order valence-electron chi connectivity index (χ1n) is 14.5. The number of nitrogens with two attached hydrogens (primary N) is 1. The molecule has 3 heterocycles. The van der Waals surface area contributed by atoms with Crippen LogP contribution in [-0.4, -0.2) is 68.1 Å². The first-order chi connectivity index (χ1) is 22.4. The maximum atomic E-state index is 13.5. The minimum absolute atomic E-state index is 0.163. The fourth-order valence-electron chi connectivity index (χ4n) is 4.98. The van der Waals surface area contributed by atoms with Gasteiger partial charge < -0.3 is 24.7 Å². The van der Waals surface area contributed by atoms with Crippen molar-refractivity contribution in [1.82, 2.24) is 19.5 Å². The Bertz CT molecular complexity index is 1840. The van der Waals surface area contributed by atoms with Crippen LogP contribution in [0, 0.1) is 0 Å². The Labute approximate surface area is 267 Å². The van der Waals surface area contributed by atoms with Crippen LogP contribution in [-0.2, 0) is 18.9 Å². The third kappa shape index (κ3) is 6.55. The van der Waals surface area contributed by atoms with Crippen LogP contribution in [0.4, 0.5) is 5.82 Å². The van der Waals surface area contributed by atoms with Gasteiger partial charge in [-0.3, -0.25) is 4.57 Å². The van der Waals surface area contributed by atoms with E-state index in [0.717, 1.165) is 0 Å². The van der Waals surface area contributed by atoms with Gasteiger partial charge in [-0.1, -0.05) is 73.3 Å². The highest BCUT2D eigenvalue weighted by molar-refractivity contribution is 7.99. The number of nitrogen functional groups attached to an aromatic ring is 1. The molecule has 1 aliphatic heterocycles. The Morgan fingerprint density at radius 1 is 0.804 bits per heavy atom. The van der Waals surface area contributed by atoms with Crippen molar-refractivity contribution in [1.29, 1.82) is 0 Å². The summed E-state index contributed by atoms with van der Waals surface area (Å²) in [5, 5.41) is 0.422. The first-order valence-corrected chi connectivity index (χ1v) is 15.4. The number of thioether (sulfide) groups is 1. The van der Waals surface area contributed by atoms with Gasteiger partial charge in [-0.2, -0.15) is 0 Å². The summed E-state index contributed by atoms with van der Waals surface area (Å²) in [4.78, 5) is 53.1. The number of carbonyl (C=O) groups excluding carboxylic acids is 3. The molecule has 0 amide bonds. The molecule has 2 N–H and O–H groups in total. The molecule has 6 rings (SSSR count). The summed E-state index contributed by atoms with van der Waals surface area (Å²) in [6.45, 7) is 1.63. The Kier molecular flexibility index (Phi) is 9.22. The number of hydrogen-bond acceptors (Lipinski definition) is 12. The van der Waals surface area contributed by atoms with Gasteiger partial charge in [0.25, 0.3) is 0 Å². The summed E-state index contributed by atoms with van der Waals surface area (Å²) in [6.07, 6.45) is -3.16. The summed E-state index contributed by atoms with van der Waals surface area (Å²) >= 11 is 1.39. The predicted molar refractivity (Wildman–Crippen MR) is 168 cm³/mol. The molecule has 0 aliphatic carbocycles. The minimum atomic E-state index is -1.23. The minimum Gasteiger partial charge on any atom is -0.459 e. The number of hydrogen-bond donors (Lipinski definition) is 1. The molecule has 1 saturated heterocycles. The molecule has 0 radical (unpaired) electrons. The van der Waals surface area contributed by atoms with E-state index in [-0.39, 0.29) is 23.6 Å². The number of aromatic nitrogens is 4. The summed E-state index contributed by atoms with van der Waals surface area (Å²) < 4.78 is 25.6. The lowest BCUT2D eigenvalue weighted by atomic mass is 10.1. The lowest BCUT2D eigenvalue weighted by Crippen LogP contribution is -2.41. The number of fused-ring (bicyclic) bond motifs is 1. The fraction of sp³-hybridized carbons (Fsp3) is 0.212. The number of benzene rings is 3. The maximum absolute atomic E-state index is 13.5. The molecule has 0 unspecified atom stereocenters. The third-order valence-electron chi connectivity index (χ3n) is 7.15. The molecule has 13 heteroatoms. The number of nitrogens with zero attached hydrogens (tertiary/aromatic N) is 4. The molecule has 234 valence electrons. The highest BCUT2D eigenvalue weighted by atomic mass is 32.2. The van der Waals surface area contributed by atoms with Crippen molar-refractivity contribution in [3.63, 3.8) is 0 Å². The zero-order valence-electron chi connectivity index (χ0n) is 24.6.